The number of rotatable bonds is 5. The third-order valence-corrected chi connectivity index (χ3v) is 5.60. The van der Waals surface area contributed by atoms with Crippen molar-refractivity contribution in [3.8, 4) is 0 Å². The normalized spacial score (nSPS) is 18.0. The van der Waals surface area contributed by atoms with Crippen LogP contribution in [0.3, 0.4) is 0 Å². The lowest BCUT2D eigenvalue weighted by atomic mass is 10.2. The van der Waals surface area contributed by atoms with Crippen molar-refractivity contribution < 1.29 is 8.42 Å². The number of hydrogen-bond donors (Lipinski definition) is 0. The molecule has 102 valence electrons. The van der Waals surface area contributed by atoms with Crippen LogP contribution in [0.5, 0.6) is 0 Å². The van der Waals surface area contributed by atoms with Gasteiger partial charge in [0.15, 0.2) is 0 Å². The number of imidazole rings is 1. The number of hydrogen-bond acceptors (Lipinski definition) is 3. The second kappa shape index (κ2) is 4.68. The molecule has 1 atom stereocenters. The monoisotopic (exact) mass is 270 g/mol. The molecule has 0 N–H and O–H groups in total. The third kappa shape index (κ3) is 2.46. The van der Waals surface area contributed by atoms with E-state index in [2.05, 4.69) is 4.98 Å². The van der Waals surface area contributed by atoms with Gasteiger partial charge < -0.3 is 4.57 Å². The van der Waals surface area contributed by atoms with E-state index < -0.39 is 9.84 Å². The van der Waals surface area contributed by atoms with Crippen molar-refractivity contribution in [2.45, 2.75) is 58.2 Å². The number of aromatic nitrogens is 2. The fourth-order valence-corrected chi connectivity index (χ4v) is 4.14. The highest BCUT2D eigenvalue weighted by Gasteiger charge is 2.33. The first-order chi connectivity index (χ1) is 8.36. The topological polar surface area (TPSA) is 52.0 Å². The van der Waals surface area contributed by atoms with Gasteiger partial charge in [-0.1, -0.05) is 20.3 Å². The summed E-state index contributed by atoms with van der Waals surface area (Å²) in [5, 5.41) is 0.292. The smallest absolute Gasteiger partial charge is 0.228 e. The molecule has 1 aliphatic rings. The van der Waals surface area contributed by atoms with Gasteiger partial charge in [-0.2, -0.15) is 0 Å². The van der Waals surface area contributed by atoms with Crippen molar-refractivity contribution in [2.75, 3.05) is 5.75 Å². The molecule has 0 spiro atoms. The summed E-state index contributed by atoms with van der Waals surface area (Å²) in [6.45, 7) is 7.84. The minimum Gasteiger partial charge on any atom is -0.316 e. The standard InChI is InChI=1S/C13H22N2O2S/c1-5-9(2)8-18(16,17)13-14-10(3)11(4)15(13)12-6-7-12/h9,12H,5-8H2,1-4H3/t9-/m0/s1. The number of nitrogens with zero attached hydrogens (tertiary/aromatic N) is 2. The van der Waals surface area contributed by atoms with Gasteiger partial charge in [-0.3, -0.25) is 0 Å². The van der Waals surface area contributed by atoms with Gasteiger partial charge in [0.2, 0.25) is 15.0 Å². The molecule has 0 unspecified atom stereocenters. The van der Waals surface area contributed by atoms with Crippen LogP contribution in [-0.2, 0) is 9.84 Å². The van der Waals surface area contributed by atoms with E-state index in [1.165, 1.54) is 0 Å². The lowest BCUT2D eigenvalue weighted by molar-refractivity contribution is 0.539. The molecule has 0 aromatic carbocycles. The van der Waals surface area contributed by atoms with Crippen molar-refractivity contribution in [3.05, 3.63) is 11.4 Å². The van der Waals surface area contributed by atoms with Crippen LogP contribution in [0, 0.1) is 19.8 Å². The van der Waals surface area contributed by atoms with Crippen molar-refractivity contribution in [2.24, 2.45) is 5.92 Å². The van der Waals surface area contributed by atoms with Gasteiger partial charge in [-0.15, -0.1) is 0 Å². The molecular weight excluding hydrogens is 248 g/mol. The average molecular weight is 270 g/mol. The molecule has 1 saturated carbocycles. The molecule has 0 aliphatic heterocycles. The Bertz CT molecular complexity index is 542. The zero-order valence-electron chi connectivity index (χ0n) is 11.6. The van der Waals surface area contributed by atoms with Crippen LogP contribution in [0.4, 0.5) is 0 Å². The molecule has 2 rings (SSSR count). The van der Waals surface area contributed by atoms with Crippen LogP contribution in [0.1, 0.15) is 50.5 Å². The molecular formula is C13H22N2O2S. The molecule has 4 nitrogen and oxygen atoms in total. The summed E-state index contributed by atoms with van der Waals surface area (Å²) < 4.78 is 26.8. The molecule has 1 aromatic heterocycles. The first-order valence-corrected chi connectivity index (χ1v) is 8.30. The van der Waals surface area contributed by atoms with Crippen LogP contribution in [0.25, 0.3) is 0 Å². The first-order valence-electron chi connectivity index (χ1n) is 6.65. The Morgan fingerprint density at radius 2 is 2.00 bits per heavy atom. The third-order valence-electron chi connectivity index (χ3n) is 3.75. The molecule has 5 heteroatoms. The molecule has 1 aromatic rings. The van der Waals surface area contributed by atoms with Crippen molar-refractivity contribution in [1.82, 2.24) is 9.55 Å². The quantitative estimate of drug-likeness (QED) is 0.826. The maximum Gasteiger partial charge on any atom is 0.228 e. The Kier molecular flexibility index (Phi) is 3.54. The first kappa shape index (κ1) is 13.6. The van der Waals surface area contributed by atoms with E-state index in [0.717, 1.165) is 30.7 Å². The van der Waals surface area contributed by atoms with E-state index in [1.54, 1.807) is 0 Å². The summed E-state index contributed by atoms with van der Waals surface area (Å²) in [4.78, 5) is 4.31. The molecule has 0 amide bonds. The minimum atomic E-state index is -3.26. The Morgan fingerprint density at radius 1 is 1.39 bits per heavy atom. The highest BCUT2D eigenvalue weighted by atomic mass is 32.2. The average Bonchev–Trinajstić information content (AvgIpc) is 3.07. The van der Waals surface area contributed by atoms with Gasteiger partial charge in [0.1, 0.15) is 0 Å². The Labute approximate surface area is 109 Å². The summed E-state index contributed by atoms with van der Waals surface area (Å²) in [6.07, 6.45) is 3.02. The predicted molar refractivity (Wildman–Crippen MR) is 71.5 cm³/mol. The van der Waals surface area contributed by atoms with Gasteiger partial charge in [0.25, 0.3) is 0 Å². The minimum absolute atomic E-state index is 0.181. The van der Waals surface area contributed by atoms with Crippen LogP contribution < -0.4 is 0 Å². The summed E-state index contributed by atoms with van der Waals surface area (Å²) in [5.41, 5.74) is 1.84. The van der Waals surface area contributed by atoms with Crippen molar-refractivity contribution in [1.29, 1.82) is 0 Å². The van der Waals surface area contributed by atoms with Gasteiger partial charge in [-0.25, -0.2) is 13.4 Å². The lowest BCUT2D eigenvalue weighted by Crippen LogP contribution is -2.18. The Hall–Kier alpha value is -0.840. The van der Waals surface area contributed by atoms with Crippen LogP contribution >= 0.6 is 0 Å². The molecule has 1 fully saturated rings. The van der Waals surface area contributed by atoms with Gasteiger partial charge in [-0.05, 0) is 32.6 Å². The van der Waals surface area contributed by atoms with E-state index in [9.17, 15) is 8.42 Å². The SMILES string of the molecule is CC[C@H](C)CS(=O)(=O)c1nc(C)c(C)n1C1CC1. The Morgan fingerprint density at radius 3 is 2.50 bits per heavy atom. The number of sulfone groups is 1. The maximum atomic E-state index is 12.4. The highest BCUT2D eigenvalue weighted by Crippen LogP contribution is 2.39. The largest absolute Gasteiger partial charge is 0.316 e. The zero-order chi connectivity index (χ0) is 13.5. The van der Waals surface area contributed by atoms with Crippen LogP contribution in [0.15, 0.2) is 5.16 Å². The fourth-order valence-electron chi connectivity index (χ4n) is 2.15. The van der Waals surface area contributed by atoms with E-state index in [-0.39, 0.29) is 11.7 Å². The predicted octanol–water partition coefficient (Wildman–Crippen LogP) is 2.65. The van der Waals surface area contributed by atoms with E-state index in [1.807, 2.05) is 32.3 Å². The van der Waals surface area contributed by atoms with Crippen molar-refractivity contribution in [3.63, 3.8) is 0 Å². The van der Waals surface area contributed by atoms with E-state index in [0.29, 0.717) is 11.2 Å². The molecule has 0 radical (unpaired) electrons. The highest BCUT2D eigenvalue weighted by molar-refractivity contribution is 7.91. The summed E-state index contributed by atoms with van der Waals surface area (Å²) >= 11 is 0. The fraction of sp³-hybridized carbons (Fsp3) is 0.769. The zero-order valence-corrected chi connectivity index (χ0v) is 12.4. The molecule has 0 bridgehead atoms. The van der Waals surface area contributed by atoms with E-state index in [4.69, 9.17) is 0 Å². The second-order valence-corrected chi connectivity index (χ2v) is 7.39. The van der Waals surface area contributed by atoms with E-state index >= 15 is 0 Å². The maximum absolute atomic E-state index is 12.4. The van der Waals surface area contributed by atoms with Crippen LogP contribution in [0.2, 0.25) is 0 Å². The van der Waals surface area contributed by atoms with Crippen molar-refractivity contribution >= 4 is 9.84 Å². The number of aryl methyl sites for hydroxylation is 1. The van der Waals surface area contributed by atoms with Gasteiger partial charge in [0.05, 0.1) is 11.4 Å². The molecule has 1 aliphatic carbocycles. The summed E-state index contributed by atoms with van der Waals surface area (Å²) in [7, 11) is -3.26. The van der Waals surface area contributed by atoms with Gasteiger partial charge >= 0.3 is 0 Å². The lowest BCUT2D eigenvalue weighted by Gasteiger charge is -2.12. The molecule has 1 heterocycles. The summed E-state index contributed by atoms with van der Waals surface area (Å²) in [6, 6.07) is 0.355. The van der Waals surface area contributed by atoms with Crippen LogP contribution in [-0.4, -0.2) is 23.7 Å². The second-order valence-electron chi connectivity index (χ2n) is 5.46. The van der Waals surface area contributed by atoms with Gasteiger partial charge in [0, 0.05) is 11.7 Å². The summed E-state index contributed by atoms with van der Waals surface area (Å²) in [5.74, 6) is 0.381. The molecule has 0 saturated heterocycles. The Balaban J connectivity index is 2.41. The molecule has 18 heavy (non-hydrogen) atoms.